The molecule has 0 atom stereocenters. The largest absolute Gasteiger partial charge is 0.493 e. The number of hydrogen-bond acceptors (Lipinski definition) is 3. The van der Waals surface area contributed by atoms with Crippen LogP contribution in [0.3, 0.4) is 0 Å². The number of rotatable bonds is 7. The van der Waals surface area contributed by atoms with E-state index in [9.17, 15) is 4.79 Å². The number of aryl methyl sites for hydroxylation is 1. The molecule has 1 aliphatic rings. The van der Waals surface area contributed by atoms with Gasteiger partial charge in [-0.3, -0.25) is 0 Å². The summed E-state index contributed by atoms with van der Waals surface area (Å²) in [6, 6.07) is 16.7. The van der Waals surface area contributed by atoms with Crippen molar-refractivity contribution in [3.63, 3.8) is 0 Å². The zero-order valence-corrected chi connectivity index (χ0v) is 14.2. The minimum atomic E-state index is -0.396. The second kappa shape index (κ2) is 8.34. The Morgan fingerprint density at radius 1 is 1.04 bits per heavy atom. The van der Waals surface area contributed by atoms with E-state index in [0.717, 1.165) is 24.2 Å². The molecule has 0 radical (unpaired) electrons. The van der Waals surface area contributed by atoms with Gasteiger partial charge >= 0.3 is 5.97 Å². The van der Waals surface area contributed by atoms with Crippen molar-refractivity contribution in [3.8, 4) is 5.75 Å². The van der Waals surface area contributed by atoms with Gasteiger partial charge in [-0.2, -0.15) is 0 Å². The topological polar surface area (TPSA) is 35.5 Å². The molecule has 0 aliphatic heterocycles. The van der Waals surface area contributed by atoms with Crippen LogP contribution in [0, 0.1) is 0 Å². The Balaban J connectivity index is 1.68. The molecule has 25 heavy (non-hydrogen) atoms. The van der Waals surface area contributed by atoms with Crippen molar-refractivity contribution < 1.29 is 14.3 Å². The van der Waals surface area contributed by atoms with Crippen molar-refractivity contribution in [1.29, 1.82) is 0 Å². The van der Waals surface area contributed by atoms with Crippen LogP contribution in [-0.4, -0.2) is 19.2 Å². The molecule has 2 aromatic rings. The predicted molar refractivity (Wildman–Crippen MR) is 100 cm³/mol. The standard InChI is InChI=1S/C22H22O3/c1-2-22(23)25-15-7-14-24-21-11-6-10-18-12-13-19(16-20(18)21)17-8-4-3-5-9-17/h2-6,8-11,16H,1,7,12-15H2. The third-order valence-electron chi connectivity index (χ3n) is 4.24. The molecule has 1 aliphatic carbocycles. The second-order valence-electron chi connectivity index (χ2n) is 5.94. The van der Waals surface area contributed by atoms with Crippen LogP contribution < -0.4 is 4.74 Å². The van der Waals surface area contributed by atoms with Gasteiger partial charge in [0.2, 0.25) is 0 Å². The SMILES string of the molecule is C=CC(=O)OCCCOc1cccc2c1C=C(c1ccccc1)CC2. The molecule has 0 bridgehead atoms. The summed E-state index contributed by atoms with van der Waals surface area (Å²) in [5.74, 6) is 0.494. The number of benzene rings is 2. The number of carbonyl (C=O) groups is 1. The van der Waals surface area contributed by atoms with Gasteiger partial charge in [0, 0.05) is 18.1 Å². The molecule has 0 saturated heterocycles. The number of carbonyl (C=O) groups excluding carboxylic acids is 1. The molecule has 3 rings (SSSR count). The van der Waals surface area contributed by atoms with Crippen molar-refractivity contribution in [3.05, 3.63) is 77.9 Å². The first-order chi connectivity index (χ1) is 12.3. The maximum absolute atomic E-state index is 11.0. The Labute approximate surface area is 148 Å². The molecule has 0 amide bonds. The summed E-state index contributed by atoms with van der Waals surface area (Å²) >= 11 is 0. The third kappa shape index (κ3) is 4.38. The molecule has 0 heterocycles. The van der Waals surface area contributed by atoms with Crippen molar-refractivity contribution in [1.82, 2.24) is 0 Å². The smallest absolute Gasteiger partial charge is 0.330 e. The highest BCUT2D eigenvalue weighted by Gasteiger charge is 2.15. The molecule has 3 nitrogen and oxygen atoms in total. The molecule has 2 aromatic carbocycles. The molecule has 0 unspecified atom stereocenters. The second-order valence-corrected chi connectivity index (χ2v) is 5.94. The van der Waals surface area contributed by atoms with Crippen LogP contribution in [0.1, 0.15) is 29.5 Å². The van der Waals surface area contributed by atoms with Crippen LogP contribution in [-0.2, 0) is 16.0 Å². The minimum absolute atomic E-state index is 0.338. The Morgan fingerprint density at radius 2 is 1.88 bits per heavy atom. The predicted octanol–water partition coefficient (Wildman–Crippen LogP) is 4.67. The number of ether oxygens (including phenoxy) is 2. The van der Waals surface area contributed by atoms with Crippen LogP contribution in [0.5, 0.6) is 5.75 Å². The summed E-state index contributed by atoms with van der Waals surface area (Å²) in [6.07, 6.45) is 6.12. The number of allylic oxidation sites excluding steroid dienone is 1. The molecular formula is C22H22O3. The lowest BCUT2D eigenvalue weighted by Gasteiger charge is -2.20. The maximum atomic E-state index is 11.0. The molecule has 3 heteroatoms. The van der Waals surface area contributed by atoms with E-state index >= 15 is 0 Å². The van der Waals surface area contributed by atoms with Gasteiger partial charge in [-0.15, -0.1) is 0 Å². The van der Waals surface area contributed by atoms with E-state index in [2.05, 4.69) is 43.0 Å². The van der Waals surface area contributed by atoms with E-state index in [4.69, 9.17) is 9.47 Å². The van der Waals surface area contributed by atoms with Gasteiger partial charge in [0.05, 0.1) is 13.2 Å². The summed E-state index contributed by atoms with van der Waals surface area (Å²) in [5, 5.41) is 0. The zero-order chi connectivity index (χ0) is 17.5. The van der Waals surface area contributed by atoms with Crippen LogP contribution >= 0.6 is 0 Å². The zero-order valence-electron chi connectivity index (χ0n) is 14.2. The Morgan fingerprint density at radius 3 is 2.68 bits per heavy atom. The fourth-order valence-corrected chi connectivity index (χ4v) is 2.97. The van der Waals surface area contributed by atoms with E-state index < -0.39 is 5.97 Å². The van der Waals surface area contributed by atoms with Crippen LogP contribution in [0.25, 0.3) is 11.6 Å². The highest BCUT2D eigenvalue weighted by Crippen LogP contribution is 2.35. The van der Waals surface area contributed by atoms with E-state index in [1.807, 2.05) is 18.2 Å². The van der Waals surface area contributed by atoms with Crippen LogP contribution in [0.15, 0.2) is 61.2 Å². The first-order valence-electron chi connectivity index (χ1n) is 8.58. The quantitative estimate of drug-likeness (QED) is 0.419. The number of fused-ring (bicyclic) bond motifs is 1. The van der Waals surface area contributed by atoms with E-state index in [0.29, 0.717) is 19.6 Å². The van der Waals surface area contributed by atoms with Gasteiger partial charge in [-0.25, -0.2) is 4.79 Å². The lowest BCUT2D eigenvalue weighted by Crippen LogP contribution is -2.08. The van der Waals surface area contributed by atoms with Crippen molar-refractivity contribution >= 4 is 17.6 Å². The van der Waals surface area contributed by atoms with Gasteiger partial charge in [0.1, 0.15) is 5.75 Å². The van der Waals surface area contributed by atoms with Crippen molar-refractivity contribution in [2.45, 2.75) is 19.3 Å². The van der Waals surface area contributed by atoms with Gasteiger partial charge in [0.15, 0.2) is 0 Å². The van der Waals surface area contributed by atoms with E-state index in [1.54, 1.807) is 0 Å². The van der Waals surface area contributed by atoms with Gasteiger partial charge in [-0.05, 0) is 41.7 Å². The van der Waals surface area contributed by atoms with Gasteiger partial charge in [0.25, 0.3) is 0 Å². The fourth-order valence-electron chi connectivity index (χ4n) is 2.97. The summed E-state index contributed by atoms with van der Waals surface area (Å²) in [6.45, 7) is 4.22. The first kappa shape index (κ1) is 17.0. The van der Waals surface area contributed by atoms with Gasteiger partial charge in [-0.1, -0.05) is 49.0 Å². The molecule has 0 fully saturated rings. The van der Waals surface area contributed by atoms with Crippen molar-refractivity contribution in [2.75, 3.05) is 13.2 Å². The maximum Gasteiger partial charge on any atom is 0.330 e. The van der Waals surface area contributed by atoms with Crippen LogP contribution in [0.2, 0.25) is 0 Å². The molecule has 0 aromatic heterocycles. The lowest BCUT2D eigenvalue weighted by atomic mass is 9.88. The normalized spacial score (nSPS) is 12.7. The molecule has 0 saturated carbocycles. The number of hydrogen-bond donors (Lipinski definition) is 0. The molecule has 128 valence electrons. The van der Waals surface area contributed by atoms with E-state index in [-0.39, 0.29) is 0 Å². The summed E-state index contributed by atoms with van der Waals surface area (Å²) in [7, 11) is 0. The third-order valence-corrected chi connectivity index (χ3v) is 4.24. The first-order valence-corrected chi connectivity index (χ1v) is 8.58. The summed E-state index contributed by atoms with van der Waals surface area (Å²) in [5.41, 5.74) is 5.08. The number of esters is 1. The molecular weight excluding hydrogens is 312 g/mol. The fraction of sp³-hybridized carbons (Fsp3) is 0.227. The highest BCUT2D eigenvalue weighted by molar-refractivity contribution is 5.86. The summed E-state index contributed by atoms with van der Waals surface area (Å²) < 4.78 is 10.9. The van der Waals surface area contributed by atoms with Gasteiger partial charge < -0.3 is 9.47 Å². The Bertz CT molecular complexity index is 775. The average molecular weight is 334 g/mol. The summed E-state index contributed by atoms with van der Waals surface area (Å²) in [4.78, 5) is 11.0. The van der Waals surface area contributed by atoms with E-state index in [1.165, 1.54) is 22.8 Å². The van der Waals surface area contributed by atoms with Crippen LogP contribution in [0.4, 0.5) is 0 Å². The monoisotopic (exact) mass is 334 g/mol. The van der Waals surface area contributed by atoms with Crippen molar-refractivity contribution in [2.24, 2.45) is 0 Å². The highest BCUT2D eigenvalue weighted by atomic mass is 16.5. The molecule has 0 N–H and O–H groups in total. The minimum Gasteiger partial charge on any atom is -0.493 e. The Kier molecular flexibility index (Phi) is 5.68. The molecule has 0 spiro atoms. The lowest BCUT2D eigenvalue weighted by molar-refractivity contribution is -0.137. The Hall–Kier alpha value is -2.81. The average Bonchev–Trinajstić information content (AvgIpc) is 2.68.